The summed E-state index contributed by atoms with van der Waals surface area (Å²) >= 11 is 1.55. The summed E-state index contributed by atoms with van der Waals surface area (Å²) in [7, 11) is 1.59. The Labute approximate surface area is 192 Å². The molecular formula is C22H30N8OS. The molecule has 0 bridgehead atoms. The van der Waals surface area contributed by atoms with Crippen LogP contribution < -0.4 is 10.1 Å². The van der Waals surface area contributed by atoms with Gasteiger partial charge in [0.1, 0.15) is 23.9 Å². The van der Waals surface area contributed by atoms with Crippen LogP contribution >= 0.6 is 11.3 Å². The summed E-state index contributed by atoms with van der Waals surface area (Å²) in [5.41, 5.74) is 3.54. The largest absolute Gasteiger partial charge is 0.478 e. The Hall–Kier alpha value is -3.01. The monoisotopic (exact) mass is 454 g/mol. The standard InChI is InChI=1S/C22H30N8OS/c1-13(2)30-18(8-17(28-30)22(4,5)6)27-21-26-16(11-32-21)15-9-23-19(20(25-15)31-7)29-10-14(3)24-12-29/h9-13,18H,8H2,1-7H3,(H,26,27). The summed E-state index contributed by atoms with van der Waals surface area (Å²) in [5.74, 6) is 1.02. The number of nitrogens with one attached hydrogen (secondary N) is 1. The first-order valence-electron chi connectivity index (χ1n) is 10.7. The minimum Gasteiger partial charge on any atom is -0.478 e. The van der Waals surface area contributed by atoms with Gasteiger partial charge in [-0.2, -0.15) is 5.10 Å². The van der Waals surface area contributed by atoms with Crippen molar-refractivity contribution in [2.75, 3.05) is 12.4 Å². The van der Waals surface area contributed by atoms with Gasteiger partial charge in [-0.25, -0.2) is 19.9 Å². The Morgan fingerprint density at radius 3 is 2.59 bits per heavy atom. The third-order valence-corrected chi connectivity index (χ3v) is 6.04. The Bertz CT molecular complexity index is 1130. The molecule has 4 rings (SSSR count). The van der Waals surface area contributed by atoms with Crippen molar-refractivity contribution < 1.29 is 4.74 Å². The molecule has 4 heterocycles. The molecule has 3 aromatic rings. The number of hydrogen-bond acceptors (Lipinski definition) is 9. The lowest BCUT2D eigenvalue weighted by atomic mass is 9.88. The van der Waals surface area contributed by atoms with E-state index in [0.717, 1.165) is 22.9 Å². The Morgan fingerprint density at radius 1 is 1.19 bits per heavy atom. The van der Waals surface area contributed by atoms with Crippen molar-refractivity contribution in [2.45, 2.75) is 60.2 Å². The van der Waals surface area contributed by atoms with Gasteiger partial charge in [0, 0.05) is 35.2 Å². The minimum absolute atomic E-state index is 0.0409. The Balaban J connectivity index is 1.54. The highest BCUT2D eigenvalue weighted by molar-refractivity contribution is 7.14. The van der Waals surface area contributed by atoms with E-state index in [0.29, 0.717) is 23.4 Å². The van der Waals surface area contributed by atoms with Crippen LogP contribution in [-0.2, 0) is 0 Å². The molecule has 170 valence electrons. The molecule has 1 N–H and O–H groups in total. The fourth-order valence-corrected chi connectivity index (χ4v) is 4.27. The molecule has 0 fully saturated rings. The number of anilines is 1. The molecule has 0 saturated heterocycles. The van der Waals surface area contributed by atoms with Crippen LogP contribution in [0.4, 0.5) is 5.13 Å². The fourth-order valence-electron chi connectivity index (χ4n) is 3.52. The third kappa shape index (κ3) is 4.45. The van der Waals surface area contributed by atoms with E-state index in [1.54, 1.807) is 35.5 Å². The lowest BCUT2D eigenvalue weighted by molar-refractivity contribution is 0.200. The highest BCUT2D eigenvalue weighted by Crippen LogP contribution is 2.32. The Morgan fingerprint density at radius 2 is 1.97 bits per heavy atom. The first-order valence-corrected chi connectivity index (χ1v) is 11.5. The van der Waals surface area contributed by atoms with Gasteiger partial charge in [0.25, 0.3) is 5.88 Å². The SMILES string of the molecule is COc1nc(-c2csc(NC3CC(C(C)(C)C)=NN3C(C)C)n2)cnc1-n1cnc(C)c1. The summed E-state index contributed by atoms with van der Waals surface area (Å²) < 4.78 is 7.28. The molecule has 1 aliphatic rings. The number of rotatable bonds is 6. The van der Waals surface area contributed by atoms with E-state index < -0.39 is 0 Å². The molecule has 0 aliphatic carbocycles. The number of imidazole rings is 1. The number of aryl methyl sites for hydroxylation is 1. The lowest BCUT2D eigenvalue weighted by Crippen LogP contribution is -2.38. The maximum absolute atomic E-state index is 5.49. The number of hydrogen-bond donors (Lipinski definition) is 1. The summed E-state index contributed by atoms with van der Waals surface area (Å²) in [4.78, 5) is 18.2. The molecule has 9 nitrogen and oxygen atoms in total. The van der Waals surface area contributed by atoms with Crippen molar-refractivity contribution in [3.63, 3.8) is 0 Å². The predicted octanol–water partition coefficient (Wildman–Crippen LogP) is 4.36. The zero-order valence-electron chi connectivity index (χ0n) is 19.6. The average Bonchev–Trinajstić information content (AvgIpc) is 3.47. The summed E-state index contributed by atoms with van der Waals surface area (Å²) in [6.07, 6.45) is 6.23. The number of ether oxygens (including phenoxy) is 1. The molecule has 1 atom stereocenters. The van der Waals surface area contributed by atoms with Gasteiger partial charge in [-0.15, -0.1) is 11.3 Å². The highest BCUT2D eigenvalue weighted by Gasteiger charge is 2.34. The molecule has 0 spiro atoms. The van der Waals surface area contributed by atoms with Gasteiger partial charge < -0.3 is 10.1 Å². The second-order valence-corrected chi connectivity index (χ2v) is 10.0. The van der Waals surface area contributed by atoms with E-state index in [1.807, 2.05) is 18.5 Å². The summed E-state index contributed by atoms with van der Waals surface area (Å²) in [5, 5.41) is 13.4. The maximum atomic E-state index is 5.49. The molecule has 0 saturated carbocycles. The van der Waals surface area contributed by atoms with Gasteiger partial charge in [-0.05, 0) is 20.8 Å². The molecule has 1 aliphatic heterocycles. The zero-order chi connectivity index (χ0) is 23.0. The van der Waals surface area contributed by atoms with E-state index in [2.05, 4.69) is 59.9 Å². The second-order valence-electron chi connectivity index (χ2n) is 9.18. The van der Waals surface area contributed by atoms with Gasteiger partial charge in [0.2, 0.25) is 5.82 Å². The summed E-state index contributed by atoms with van der Waals surface area (Å²) in [6.45, 7) is 12.8. The van der Waals surface area contributed by atoms with Gasteiger partial charge in [-0.1, -0.05) is 20.8 Å². The van der Waals surface area contributed by atoms with Crippen LogP contribution in [0.15, 0.2) is 29.2 Å². The molecule has 10 heteroatoms. The quantitative estimate of drug-likeness (QED) is 0.591. The van der Waals surface area contributed by atoms with Crippen LogP contribution in [0.1, 0.15) is 46.7 Å². The van der Waals surface area contributed by atoms with Crippen molar-refractivity contribution >= 4 is 22.2 Å². The van der Waals surface area contributed by atoms with E-state index in [4.69, 9.17) is 14.8 Å². The highest BCUT2D eigenvalue weighted by atomic mass is 32.1. The minimum atomic E-state index is 0.0409. The number of methoxy groups -OCH3 is 1. The van der Waals surface area contributed by atoms with Crippen LogP contribution in [-0.4, -0.2) is 54.5 Å². The van der Waals surface area contributed by atoms with Crippen LogP contribution in [0.3, 0.4) is 0 Å². The number of aromatic nitrogens is 5. The van der Waals surface area contributed by atoms with Crippen molar-refractivity contribution in [1.29, 1.82) is 0 Å². The normalized spacial score (nSPS) is 16.6. The number of thiazole rings is 1. The van der Waals surface area contributed by atoms with Gasteiger partial charge in [0.05, 0.1) is 19.0 Å². The third-order valence-electron chi connectivity index (χ3n) is 5.27. The van der Waals surface area contributed by atoms with E-state index in [9.17, 15) is 0 Å². The maximum Gasteiger partial charge on any atom is 0.258 e. The first-order chi connectivity index (χ1) is 15.2. The topological polar surface area (TPSA) is 93.4 Å². The van der Waals surface area contributed by atoms with Gasteiger partial charge in [0.15, 0.2) is 5.13 Å². The molecular weight excluding hydrogens is 424 g/mol. The van der Waals surface area contributed by atoms with E-state index >= 15 is 0 Å². The number of hydrazone groups is 1. The van der Waals surface area contributed by atoms with Gasteiger partial charge >= 0.3 is 0 Å². The van der Waals surface area contributed by atoms with Crippen LogP contribution in [0.5, 0.6) is 5.88 Å². The molecule has 1 unspecified atom stereocenters. The Kier molecular flexibility index (Phi) is 5.89. The zero-order valence-corrected chi connectivity index (χ0v) is 20.4. The van der Waals surface area contributed by atoms with Crippen molar-refractivity contribution in [3.05, 3.63) is 29.8 Å². The van der Waals surface area contributed by atoms with Crippen LogP contribution in [0.2, 0.25) is 0 Å². The van der Waals surface area contributed by atoms with Crippen molar-refractivity contribution in [3.8, 4) is 23.1 Å². The van der Waals surface area contributed by atoms with E-state index in [1.165, 1.54) is 5.71 Å². The smallest absolute Gasteiger partial charge is 0.258 e. The molecule has 3 aromatic heterocycles. The lowest BCUT2D eigenvalue weighted by Gasteiger charge is -2.27. The van der Waals surface area contributed by atoms with Crippen molar-refractivity contribution in [1.82, 2.24) is 29.5 Å². The predicted molar refractivity (Wildman–Crippen MR) is 127 cm³/mol. The number of nitrogens with zero attached hydrogens (tertiary/aromatic N) is 7. The molecule has 0 amide bonds. The first kappa shape index (κ1) is 22.2. The summed E-state index contributed by atoms with van der Waals surface area (Å²) in [6, 6.07) is 0.293. The average molecular weight is 455 g/mol. The van der Waals surface area contributed by atoms with Gasteiger partial charge in [-0.3, -0.25) is 9.58 Å². The van der Waals surface area contributed by atoms with Crippen molar-refractivity contribution in [2.24, 2.45) is 10.5 Å². The van der Waals surface area contributed by atoms with Crippen LogP contribution in [0, 0.1) is 12.3 Å². The van der Waals surface area contributed by atoms with Crippen LogP contribution in [0.25, 0.3) is 17.2 Å². The molecule has 32 heavy (non-hydrogen) atoms. The molecule has 0 radical (unpaired) electrons. The molecule has 0 aromatic carbocycles. The van der Waals surface area contributed by atoms with E-state index in [-0.39, 0.29) is 11.6 Å². The fraction of sp³-hybridized carbons (Fsp3) is 0.500. The second kappa shape index (κ2) is 8.50.